The molecule has 0 saturated heterocycles. The molecule has 0 aliphatic heterocycles. The first-order valence-corrected chi connectivity index (χ1v) is 7.67. The van der Waals surface area contributed by atoms with Gasteiger partial charge in [0, 0.05) is 6.04 Å². The van der Waals surface area contributed by atoms with E-state index in [-0.39, 0.29) is 0 Å². The Kier molecular flexibility index (Phi) is 4.22. The van der Waals surface area contributed by atoms with E-state index in [0.717, 1.165) is 11.7 Å². The topological polar surface area (TPSA) is 25.2 Å². The summed E-state index contributed by atoms with van der Waals surface area (Å²) in [5.41, 5.74) is 1.50. The molecular formula is C18H23NO. The van der Waals surface area contributed by atoms with Crippen molar-refractivity contribution in [1.29, 1.82) is 0 Å². The molecule has 0 amide bonds. The van der Waals surface area contributed by atoms with Gasteiger partial charge in [-0.1, -0.05) is 30.3 Å². The summed E-state index contributed by atoms with van der Waals surface area (Å²) in [6.07, 6.45) is 6.83. The van der Waals surface area contributed by atoms with Gasteiger partial charge in [-0.2, -0.15) is 0 Å². The van der Waals surface area contributed by atoms with Crippen molar-refractivity contribution in [1.82, 2.24) is 5.32 Å². The van der Waals surface area contributed by atoms with E-state index in [9.17, 15) is 0 Å². The highest BCUT2D eigenvalue weighted by atomic mass is 16.3. The lowest BCUT2D eigenvalue weighted by Crippen LogP contribution is -2.34. The second-order valence-corrected chi connectivity index (χ2v) is 5.86. The van der Waals surface area contributed by atoms with E-state index in [2.05, 4.69) is 42.6 Å². The molecule has 1 saturated carbocycles. The van der Waals surface area contributed by atoms with Crippen LogP contribution in [0.2, 0.25) is 0 Å². The van der Waals surface area contributed by atoms with Crippen LogP contribution in [0.1, 0.15) is 55.9 Å². The Hall–Kier alpha value is -1.54. The van der Waals surface area contributed by atoms with Crippen LogP contribution in [0.25, 0.3) is 0 Å². The van der Waals surface area contributed by atoms with Crippen LogP contribution in [-0.4, -0.2) is 6.04 Å². The van der Waals surface area contributed by atoms with Crippen molar-refractivity contribution in [3.05, 3.63) is 60.1 Å². The van der Waals surface area contributed by atoms with Crippen LogP contribution < -0.4 is 5.32 Å². The van der Waals surface area contributed by atoms with E-state index in [0.29, 0.717) is 12.1 Å². The Morgan fingerprint density at radius 3 is 2.40 bits per heavy atom. The molecule has 20 heavy (non-hydrogen) atoms. The fourth-order valence-corrected chi connectivity index (χ4v) is 3.29. The molecule has 2 nitrogen and oxygen atoms in total. The summed E-state index contributed by atoms with van der Waals surface area (Å²) >= 11 is 0. The van der Waals surface area contributed by atoms with Crippen LogP contribution >= 0.6 is 0 Å². The van der Waals surface area contributed by atoms with Gasteiger partial charge in [0.1, 0.15) is 5.76 Å². The number of furan rings is 1. The van der Waals surface area contributed by atoms with Crippen molar-refractivity contribution in [2.75, 3.05) is 0 Å². The molecule has 1 aromatic carbocycles. The zero-order chi connectivity index (χ0) is 13.8. The predicted molar refractivity (Wildman–Crippen MR) is 81.7 cm³/mol. The van der Waals surface area contributed by atoms with Gasteiger partial charge in [0.25, 0.3) is 0 Å². The predicted octanol–water partition coefficient (Wildman–Crippen LogP) is 4.66. The third-order valence-electron chi connectivity index (χ3n) is 4.45. The molecule has 106 valence electrons. The van der Waals surface area contributed by atoms with E-state index >= 15 is 0 Å². The van der Waals surface area contributed by atoms with Crippen LogP contribution in [0.15, 0.2) is 53.1 Å². The number of nitrogens with one attached hydrogen (secondary N) is 1. The van der Waals surface area contributed by atoms with E-state index in [1.54, 1.807) is 6.26 Å². The average molecular weight is 269 g/mol. The fraction of sp³-hybridized carbons (Fsp3) is 0.444. The second-order valence-electron chi connectivity index (χ2n) is 5.86. The van der Waals surface area contributed by atoms with Gasteiger partial charge in [-0.05, 0) is 56.2 Å². The first kappa shape index (κ1) is 13.4. The lowest BCUT2D eigenvalue weighted by molar-refractivity contribution is 0.305. The van der Waals surface area contributed by atoms with Gasteiger partial charge in [-0.15, -0.1) is 0 Å². The maximum Gasteiger partial charge on any atom is 0.120 e. The van der Waals surface area contributed by atoms with Crippen LogP contribution in [0.5, 0.6) is 0 Å². The van der Waals surface area contributed by atoms with Crippen LogP contribution in [0, 0.1) is 0 Å². The quantitative estimate of drug-likeness (QED) is 0.873. The third-order valence-corrected chi connectivity index (χ3v) is 4.45. The molecule has 2 aromatic rings. The molecule has 1 aliphatic carbocycles. The molecule has 3 rings (SSSR count). The minimum Gasteiger partial charge on any atom is -0.468 e. The van der Waals surface area contributed by atoms with Crippen molar-refractivity contribution in [3.63, 3.8) is 0 Å². The van der Waals surface area contributed by atoms with Crippen LogP contribution in [0.3, 0.4) is 0 Å². The van der Waals surface area contributed by atoms with Gasteiger partial charge in [-0.25, -0.2) is 0 Å². The van der Waals surface area contributed by atoms with Crippen LogP contribution in [0.4, 0.5) is 0 Å². The van der Waals surface area contributed by atoms with Gasteiger partial charge in [0.15, 0.2) is 0 Å². The van der Waals surface area contributed by atoms with Gasteiger partial charge < -0.3 is 9.73 Å². The first-order chi connectivity index (χ1) is 9.83. The molecule has 2 heteroatoms. The normalized spacial score (nSPS) is 24.4. The molecule has 0 radical (unpaired) electrons. The summed E-state index contributed by atoms with van der Waals surface area (Å²) in [7, 11) is 0. The maximum atomic E-state index is 5.46. The number of benzene rings is 1. The molecule has 0 unspecified atom stereocenters. The molecule has 1 aromatic heterocycles. The number of hydrogen-bond donors (Lipinski definition) is 1. The van der Waals surface area contributed by atoms with Crippen molar-refractivity contribution in [2.24, 2.45) is 0 Å². The summed E-state index contributed by atoms with van der Waals surface area (Å²) < 4.78 is 5.46. The summed E-state index contributed by atoms with van der Waals surface area (Å²) in [4.78, 5) is 0. The Balaban J connectivity index is 1.51. The average Bonchev–Trinajstić information content (AvgIpc) is 3.03. The van der Waals surface area contributed by atoms with E-state index in [1.807, 2.05) is 12.1 Å². The first-order valence-electron chi connectivity index (χ1n) is 7.67. The number of rotatable bonds is 4. The largest absolute Gasteiger partial charge is 0.468 e. The molecule has 1 heterocycles. The molecule has 0 bridgehead atoms. The lowest BCUT2D eigenvalue weighted by atomic mass is 9.81. The Morgan fingerprint density at radius 2 is 1.75 bits per heavy atom. The SMILES string of the molecule is C[C@H](NC1CCC(c2ccccc2)CC1)c1ccco1. The highest BCUT2D eigenvalue weighted by Crippen LogP contribution is 2.33. The monoisotopic (exact) mass is 269 g/mol. The summed E-state index contributed by atoms with van der Waals surface area (Å²) in [6, 6.07) is 15.9. The maximum absolute atomic E-state index is 5.46. The highest BCUT2D eigenvalue weighted by Gasteiger charge is 2.23. The number of hydrogen-bond acceptors (Lipinski definition) is 2. The van der Waals surface area contributed by atoms with Gasteiger partial charge in [0.05, 0.1) is 12.3 Å². The van der Waals surface area contributed by atoms with Gasteiger partial charge >= 0.3 is 0 Å². The lowest BCUT2D eigenvalue weighted by Gasteiger charge is -2.31. The zero-order valence-corrected chi connectivity index (χ0v) is 12.1. The minimum atomic E-state index is 0.309. The van der Waals surface area contributed by atoms with E-state index in [1.165, 1.54) is 31.2 Å². The van der Waals surface area contributed by atoms with Gasteiger partial charge in [-0.3, -0.25) is 0 Å². The molecular weight excluding hydrogens is 246 g/mol. The zero-order valence-electron chi connectivity index (χ0n) is 12.1. The molecule has 0 spiro atoms. The van der Waals surface area contributed by atoms with Crippen molar-refractivity contribution in [3.8, 4) is 0 Å². The van der Waals surface area contributed by atoms with Gasteiger partial charge in [0.2, 0.25) is 0 Å². The fourth-order valence-electron chi connectivity index (χ4n) is 3.29. The van der Waals surface area contributed by atoms with E-state index in [4.69, 9.17) is 4.42 Å². The standard InChI is InChI=1S/C18H23NO/c1-14(18-8-5-13-20-18)19-17-11-9-16(10-12-17)15-6-3-2-4-7-15/h2-8,13-14,16-17,19H,9-12H2,1H3/t14-,16?,17?/m0/s1. The van der Waals surface area contributed by atoms with Crippen molar-refractivity contribution < 1.29 is 4.42 Å². The van der Waals surface area contributed by atoms with Crippen molar-refractivity contribution >= 4 is 0 Å². The molecule has 1 N–H and O–H groups in total. The molecule has 1 fully saturated rings. The summed E-state index contributed by atoms with van der Waals surface area (Å²) in [5, 5.41) is 3.70. The van der Waals surface area contributed by atoms with Crippen molar-refractivity contribution in [2.45, 2.75) is 50.6 Å². The minimum absolute atomic E-state index is 0.309. The smallest absolute Gasteiger partial charge is 0.120 e. The summed E-state index contributed by atoms with van der Waals surface area (Å²) in [6.45, 7) is 2.18. The molecule has 1 atom stereocenters. The Labute approximate surface area is 121 Å². The van der Waals surface area contributed by atoms with E-state index < -0.39 is 0 Å². The van der Waals surface area contributed by atoms with Crippen LogP contribution in [-0.2, 0) is 0 Å². The summed E-state index contributed by atoms with van der Waals surface area (Å²) in [5.74, 6) is 1.78. The molecule has 1 aliphatic rings. The Morgan fingerprint density at radius 1 is 1.00 bits per heavy atom. The second kappa shape index (κ2) is 6.27. The highest BCUT2D eigenvalue weighted by molar-refractivity contribution is 5.20. The Bertz CT molecular complexity index is 497. The third kappa shape index (κ3) is 3.13.